The van der Waals surface area contributed by atoms with Crippen LogP contribution in [0.25, 0.3) is 0 Å². The predicted octanol–water partition coefficient (Wildman–Crippen LogP) is 3.22. The molecule has 1 saturated heterocycles. The first kappa shape index (κ1) is 14.8. The van der Waals surface area contributed by atoms with Crippen LogP contribution in [0.4, 0.5) is 5.82 Å². The van der Waals surface area contributed by atoms with Crippen molar-refractivity contribution in [3.8, 4) is 0 Å². The first-order valence-corrected chi connectivity index (χ1v) is 7.55. The van der Waals surface area contributed by atoms with Crippen LogP contribution in [0.15, 0.2) is 18.3 Å². The van der Waals surface area contributed by atoms with Gasteiger partial charge in [-0.2, -0.15) is 0 Å². The topological polar surface area (TPSA) is 45.2 Å². The average Bonchev–Trinajstić information content (AvgIpc) is 2.94. The van der Waals surface area contributed by atoms with E-state index in [1.165, 1.54) is 5.56 Å². The van der Waals surface area contributed by atoms with Gasteiger partial charge in [-0.25, -0.2) is 4.98 Å². The van der Waals surface area contributed by atoms with Crippen molar-refractivity contribution in [3.63, 3.8) is 0 Å². The standard InChI is InChI=1S/C16H25N3O/c1-12(2)6-7-16(20)19-10-4-5-14(19)13-8-9-18-15(11-13)17-3/h8-9,11-12,14H,4-7,10H2,1-3H3,(H,17,18). The van der Waals surface area contributed by atoms with Crippen molar-refractivity contribution in [1.82, 2.24) is 9.88 Å². The minimum Gasteiger partial charge on any atom is -0.373 e. The molecule has 1 aliphatic rings. The summed E-state index contributed by atoms with van der Waals surface area (Å²) in [5.41, 5.74) is 1.19. The van der Waals surface area contributed by atoms with Crippen LogP contribution in [0.5, 0.6) is 0 Å². The third-order valence-electron chi connectivity index (χ3n) is 3.93. The Morgan fingerprint density at radius 1 is 1.55 bits per heavy atom. The lowest BCUT2D eigenvalue weighted by Gasteiger charge is -2.25. The molecule has 1 atom stereocenters. The van der Waals surface area contributed by atoms with Crippen LogP contribution in [0.2, 0.25) is 0 Å². The van der Waals surface area contributed by atoms with E-state index in [9.17, 15) is 4.79 Å². The SMILES string of the molecule is CNc1cc(C2CCCN2C(=O)CCC(C)C)ccn1. The highest BCUT2D eigenvalue weighted by atomic mass is 16.2. The van der Waals surface area contributed by atoms with Gasteiger partial charge in [0, 0.05) is 26.2 Å². The molecule has 0 bridgehead atoms. The van der Waals surface area contributed by atoms with E-state index in [-0.39, 0.29) is 6.04 Å². The Hall–Kier alpha value is -1.58. The zero-order valence-electron chi connectivity index (χ0n) is 12.7. The summed E-state index contributed by atoms with van der Waals surface area (Å²) < 4.78 is 0. The minimum absolute atomic E-state index is 0.227. The lowest BCUT2D eigenvalue weighted by molar-refractivity contribution is -0.132. The Balaban J connectivity index is 2.08. The van der Waals surface area contributed by atoms with E-state index in [2.05, 4.69) is 35.1 Å². The van der Waals surface area contributed by atoms with E-state index in [1.807, 2.05) is 19.3 Å². The number of likely N-dealkylation sites (tertiary alicyclic amines) is 1. The number of carbonyl (C=O) groups is 1. The maximum Gasteiger partial charge on any atom is 0.223 e. The molecule has 0 aliphatic carbocycles. The van der Waals surface area contributed by atoms with E-state index in [0.29, 0.717) is 18.2 Å². The maximum atomic E-state index is 12.4. The third kappa shape index (κ3) is 3.50. The summed E-state index contributed by atoms with van der Waals surface area (Å²) in [5, 5.41) is 3.06. The summed E-state index contributed by atoms with van der Waals surface area (Å²) in [6.07, 6.45) is 5.60. The molecule has 1 unspecified atom stereocenters. The smallest absolute Gasteiger partial charge is 0.223 e. The second-order valence-corrected chi connectivity index (χ2v) is 5.90. The van der Waals surface area contributed by atoms with Gasteiger partial charge in [0.05, 0.1) is 6.04 Å². The Labute approximate surface area is 121 Å². The minimum atomic E-state index is 0.227. The van der Waals surface area contributed by atoms with Gasteiger partial charge in [-0.15, -0.1) is 0 Å². The fourth-order valence-corrected chi connectivity index (χ4v) is 2.76. The molecule has 2 heterocycles. The van der Waals surface area contributed by atoms with Gasteiger partial charge in [0.2, 0.25) is 5.91 Å². The van der Waals surface area contributed by atoms with E-state index in [0.717, 1.165) is 31.6 Å². The summed E-state index contributed by atoms with van der Waals surface area (Å²) in [6.45, 7) is 5.21. The quantitative estimate of drug-likeness (QED) is 0.897. The molecule has 20 heavy (non-hydrogen) atoms. The second-order valence-electron chi connectivity index (χ2n) is 5.90. The zero-order chi connectivity index (χ0) is 14.5. The van der Waals surface area contributed by atoms with Crippen LogP contribution in [0.3, 0.4) is 0 Å². The van der Waals surface area contributed by atoms with Gasteiger partial charge < -0.3 is 10.2 Å². The van der Waals surface area contributed by atoms with E-state index < -0.39 is 0 Å². The van der Waals surface area contributed by atoms with Gasteiger partial charge >= 0.3 is 0 Å². The van der Waals surface area contributed by atoms with Gasteiger partial charge in [0.25, 0.3) is 0 Å². The fraction of sp³-hybridized carbons (Fsp3) is 0.625. The number of amides is 1. The second kappa shape index (κ2) is 6.73. The molecule has 1 amide bonds. The predicted molar refractivity (Wildman–Crippen MR) is 81.5 cm³/mol. The van der Waals surface area contributed by atoms with Gasteiger partial charge in [0.15, 0.2) is 0 Å². The molecule has 1 aliphatic heterocycles. The van der Waals surface area contributed by atoms with Crippen molar-refractivity contribution >= 4 is 11.7 Å². The van der Waals surface area contributed by atoms with Crippen LogP contribution < -0.4 is 5.32 Å². The van der Waals surface area contributed by atoms with Crippen molar-refractivity contribution < 1.29 is 4.79 Å². The fourth-order valence-electron chi connectivity index (χ4n) is 2.76. The molecule has 1 N–H and O–H groups in total. The van der Waals surface area contributed by atoms with Gasteiger partial charge in [-0.3, -0.25) is 4.79 Å². The van der Waals surface area contributed by atoms with Gasteiger partial charge in [-0.1, -0.05) is 13.8 Å². The highest BCUT2D eigenvalue weighted by Crippen LogP contribution is 2.33. The van der Waals surface area contributed by atoms with Gasteiger partial charge in [0.1, 0.15) is 5.82 Å². The van der Waals surface area contributed by atoms with E-state index in [4.69, 9.17) is 0 Å². The number of carbonyl (C=O) groups excluding carboxylic acids is 1. The van der Waals surface area contributed by atoms with Crippen LogP contribution in [-0.4, -0.2) is 29.4 Å². The Kier molecular flexibility index (Phi) is 4.99. The van der Waals surface area contributed by atoms with Crippen molar-refractivity contribution in [2.75, 3.05) is 18.9 Å². The number of rotatable bonds is 5. The van der Waals surface area contributed by atoms with Crippen molar-refractivity contribution in [2.45, 2.75) is 45.6 Å². The first-order valence-electron chi connectivity index (χ1n) is 7.55. The van der Waals surface area contributed by atoms with Crippen LogP contribution in [0.1, 0.15) is 51.1 Å². The number of nitrogens with zero attached hydrogens (tertiary/aromatic N) is 2. The number of pyridine rings is 1. The zero-order valence-corrected chi connectivity index (χ0v) is 12.7. The molecule has 4 heteroatoms. The van der Waals surface area contributed by atoms with Crippen molar-refractivity contribution in [3.05, 3.63) is 23.9 Å². The Morgan fingerprint density at radius 2 is 2.35 bits per heavy atom. The molecule has 1 aromatic heterocycles. The van der Waals surface area contributed by atoms with Crippen molar-refractivity contribution in [1.29, 1.82) is 0 Å². The van der Waals surface area contributed by atoms with Crippen LogP contribution >= 0.6 is 0 Å². The maximum absolute atomic E-state index is 12.4. The summed E-state index contributed by atoms with van der Waals surface area (Å²) in [4.78, 5) is 18.7. The molecule has 0 saturated carbocycles. The van der Waals surface area contributed by atoms with Crippen LogP contribution in [0, 0.1) is 5.92 Å². The number of nitrogens with one attached hydrogen (secondary N) is 1. The van der Waals surface area contributed by atoms with Crippen LogP contribution in [-0.2, 0) is 4.79 Å². The first-order chi connectivity index (χ1) is 9.61. The lowest BCUT2D eigenvalue weighted by atomic mass is 10.0. The van der Waals surface area contributed by atoms with Crippen molar-refractivity contribution in [2.24, 2.45) is 5.92 Å². The molecule has 0 aromatic carbocycles. The molecule has 4 nitrogen and oxygen atoms in total. The highest BCUT2D eigenvalue weighted by molar-refractivity contribution is 5.77. The largest absolute Gasteiger partial charge is 0.373 e. The molecule has 0 spiro atoms. The number of hydrogen-bond acceptors (Lipinski definition) is 3. The summed E-state index contributed by atoms with van der Waals surface area (Å²) in [6, 6.07) is 4.31. The molecule has 1 aromatic rings. The number of hydrogen-bond donors (Lipinski definition) is 1. The Morgan fingerprint density at radius 3 is 3.05 bits per heavy atom. The summed E-state index contributed by atoms with van der Waals surface area (Å²) in [7, 11) is 1.87. The van der Waals surface area contributed by atoms with E-state index >= 15 is 0 Å². The average molecular weight is 275 g/mol. The third-order valence-corrected chi connectivity index (χ3v) is 3.93. The highest BCUT2D eigenvalue weighted by Gasteiger charge is 2.29. The molecule has 1 fully saturated rings. The monoisotopic (exact) mass is 275 g/mol. The molecular weight excluding hydrogens is 250 g/mol. The summed E-state index contributed by atoms with van der Waals surface area (Å²) >= 11 is 0. The normalized spacial score (nSPS) is 18.6. The van der Waals surface area contributed by atoms with Gasteiger partial charge in [-0.05, 0) is 42.9 Å². The molecular formula is C16H25N3O. The Bertz CT molecular complexity index is 459. The molecule has 0 radical (unpaired) electrons. The number of anilines is 1. The molecule has 2 rings (SSSR count). The van der Waals surface area contributed by atoms with E-state index in [1.54, 1.807) is 0 Å². The molecule has 110 valence electrons. The number of aromatic nitrogens is 1. The lowest BCUT2D eigenvalue weighted by Crippen LogP contribution is -2.30. The summed E-state index contributed by atoms with van der Waals surface area (Å²) in [5.74, 6) is 1.74.